The molecule has 0 unspecified atom stereocenters. The lowest BCUT2D eigenvalue weighted by molar-refractivity contribution is -0.151. The zero-order valence-corrected chi connectivity index (χ0v) is 29.2. The minimum Gasteiger partial charge on any atom is -0.480 e. The Morgan fingerprint density at radius 3 is 2.04 bits per heavy atom. The smallest absolute Gasteiger partial charge is 0.411 e. The van der Waals surface area contributed by atoms with Crippen molar-refractivity contribution in [1.29, 1.82) is 0 Å². The van der Waals surface area contributed by atoms with Gasteiger partial charge in [-0.1, -0.05) is 32.1 Å². The number of aliphatic carboxylic acids is 2. The van der Waals surface area contributed by atoms with Gasteiger partial charge in [0.25, 0.3) is 5.78 Å². The maximum Gasteiger partial charge on any atom is 0.411 e. The number of nitrogens with zero attached hydrogens (tertiary/aromatic N) is 2. The highest BCUT2D eigenvalue weighted by Gasteiger charge is 2.43. The van der Waals surface area contributed by atoms with Gasteiger partial charge in [0, 0.05) is 13.1 Å². The molecule has 0 radical (unpaired) electrons. The number of nitrogens with one attached hydrogen (secondary N) is 2. The number of rotatable bonds is 15. The normalized spacial score (nSPS) is 18.3. The van der Waals surface area contributed by atoms with Crippen molar-refractivity contribution >= 4 is 41.7 Å². The zero-order chi connectivity index (χ0) is 36.2. The van der Waals surface area contributed by atoms with Crippen molar-refractivity contribution in [2.24, 2.45) is 5.92 Å². The summed E-state index contributed by atoms with van der Waals surface area (Å²) in [4.78, 5) is 91.3. The Balaban J connectivity index is 2.22. The van der Waals surface area contributed by atoms with E-state index in [-0.39, 0.29) is 44.7 Å². The first-order chi connectivity index (χ1) is 22.3. The summed E-state index contributed by atoms with van der Waals surface area (Å²) in [6.45, 7) is 9.65. The second-order valence-electron chi connectivity index (χ2n) is 14.6. The minimum absolute atomic E-state index is 0.0249. The number of alkyl carbamates (subject to hydrolysis) is 1. The fourth-order valence-electron chi connectivity index (χ4n) is 6.03. The van der Waals surface area contributed by atoms with E-state index < -0.39 is 77.6 Å². The third kappa shape index (κ3) is 13.7. The van der Waals surface area contributed by atoms with Gasteiger partial charge in [0.2, 0.25) is 11.8 Å². The third-order valence-corrected chi connectivity index (χ3v) is 8.15. The first-order valence-electron chi connectivity index (χ1n) is 16.8. The van der Waals surface area contributed by atoms with Crippen LogP contribution in [0, 0.1) is 5.92 Å². The molecule has 2 rings (SSSR count). The number of hydrogen-bond acceptors (Lipinski definition) is 9. The Labute approximate surface area is 282 Å². The lowest BCUT2D eigenvalue weighted by atomic mass is 9.84. The van der Waals surface area contributed by atoms with Crippen molar-refractivity contribution in [3.63, 3.8) is 0 Å². The molecule has 2 fully saturated rings. The van der Waals surface area contributed by atoms with Gasteiger partial charge >= 0.3 is 24.1 Å². The van der Waals surface area contributed by atoms with Crippen LogP contribution in [0.1, 0.15) is 112 Å². The van der Waals surface area contributed by atoms with Crippen LogP contribution in [0.2, 0.25) is 0 Å². The minimum atomic E-state index is -1.72. The van der Waals surface area contributed by atoms with E-state index in [4.69, 9.17) is 9.47 Å². The second kappa shape index (κ2) is 18.0. The van der Waals surface area contributed by atoms with Gasteiger partial charge in [-0.3, -0.25) is 24.1 Å². The fraction of sp³-hybridized carbons (Fsp3) is 0.788. The number of amides is 4. The number of carbonyl (C=O) groups excluding carboxylic acids is 5. The molecule has 15 nitrogen and oxygen atoms in total. The van der Waals surface area contributed by atoms with Crippen LogP contribution in [-0.2, 0) is 33.4 Å². The number of ketones is 1. The highest BCUT2D eigenvalue weighted by molar-refractivity contribution is 6.35. The van der Waals surface area contributed by atoms with Gasteiger partial charge in [0.05, 0.1) is 6.04 Å². The molecule has 1 aliphatic carbocycles. The van der Waals surface area contributed by atoms with Crippen LogP contribution in [-0.4, -0.2) is 111 Å². The van der Waals surface area contributed by atoms with Crippen LogP contribution in [0.4, 0.5) is 9.59 Å². The Bertz CT molecular complexity index is 1170. The zero-order valence-electron chi connectivity index (χ0n) is 29.2. The number of Topliss-reactive ketones (excluding diaryl/α,β-unsaturated/α-hetero) is 1. The summed E-state index contributed by atoms with van der Waals surface area (Å²) < 4.78 is 10.7. The molecule has 0 aromatic carbocycles. The molecule has 1 aliphatic heterocycles. The van der Waals surface area contributed by atoms with Crippen molar-refractivity contribution in [3.8, 4) is 0 Å². The van der Waals surface area contributed by atoms with E-state index in [1.165, 1.54) is 4.90 Å². The summed E-state index contributed by atoms with van der Waals surface area (Å²) in [5.41, 5.74) is -1.64. The van der Waals surface area contributed by atoms with Gasteiger partial charge in [0.1, 0.15) is 29.8 Å². The molecule has 4 amide bonds. The van der Waals surface area contributed by atoms with E-state index in [0.717, 1.165) is 37.0 Å². The molecular formula is C33H54N4O11. The van der Waals surface area contributed by atoms with Crippen molar-refractivity contribution in [2.45, 2.75) is 141 Å². The number of carboxylic acid groups (broad SMARTS) is 2. The Hall–Kier alpha value is -3.91. The van der Waals surface area contributed by atoms with Crippen LogP contribution in [0.5, 0.6) is 0 Å². The van der Waals surface area contributed by atoms with Gasteiger partial charge in [-0.15, -0.1) is 0 Å². The molecule has 0 aromatic rings. The largest absolute Gasteiger partial charge is 0.480 e. The number of unbranched alkanes of at least 4 members (excludes halogenated alkanes) is 1. The molecular weight excluding hydrogens is 628 g/mol. The lowest BCUT2D eigenvalue weighted by Crippen LogP contribution is -2.58. The summed E-state index contributed by atoms with van der Waals surface area (Å²) in [5, 5.41) is 24.2. The molecule has 48 heavy (non-hydrogen) atoms. The molecule has 0 bridgehead atoms. The number of hydrogen-bond donors (Lipinski definition) is 4. The molecule has 272 valence electrons. The molecule has 1 saturated carbocycles. The Morgan fingerprint density at radius 1 is 0.854 bits per heavy atom. The van der Waals surface area contributed by atoms with Gasteiger partial charge in [-0.2, -0.15) is 0 Å². The number of carboxylic acids is 2. The van der Waals surface area contributed by atoms with Gasteiger partial charge in [0.15, 0.2) is 0 Å². The van der Waals surface area contributed by atoms with Crippen molar-refractivity contribution in [1.82, 2.24) is 20.4 Å². The maximum atomic E-state index is 14.2. The Morgan fingerprint density at radius 2 is 1.48 bits per heavy atom. The fourth-order valence-corrected chi connectivity index (χ4v) is 6.03. The highest BCUT2D eigenvalue weighted by Crippen LogP contribution is 2.31. The number of carbonyl (C=O) groups is 7. The highest BCUT2D eigenvalue weighted by atomic mass is 16.6. The predicted molar refractivity (Wildman–Crippen MR) is 173 cm³/mol. The molecule has 3 atom stereocenters. The van der Waals surface area contributed by atoms with Crippen LogP contribution in [0.3, 0.4) is 0 Å². The third-order valence-electron chi connectivity index (χ3n) is 8.15. The topological polar surface area (TPSA) is 209 Å². The Kier molecular flexibility index (Phi) is 15.1. The van der Waals surface area contributed by atoms with Crippen molar-refractivity contribution in [3.05, 3.63) is 0 Å². The average Bonchev–Trinajstić information content (AvgIpc) is 3.46. The molecule has 4 N–H and O–H groups in total. The summed E-state index contributed by atoms with van der Waals surface area (Å²) >= 11 is 0. The summed E-state index contributed by atoms with van der Waals surface area (Å²) in [5.74, 6) is -5.52. The van der Waals surface area contributed by atoms with Crippen LogP contribution >= 0.6 is 0 Å². The van der Waals surface area contributed by atoms with Crippen LogP contribution in [0.25, 0.3) is 0 Å². The second-order valence-corrected chi connectivity index (χ2v) is 14.6. The van der Waals surface area contributed by atoms with Crippen LogP contribution in [0.15, 0.2) is 0 Å². The maximum absolute atomic E-state index is 14.2. The molecule has 0 spiro atoms. The first-order valence-corrected chi connectivity index (χ1v) is 16.8. The molecule has 15 heteroatoms. The quantitative estimate of drug-likeness (QED) is 0.145. The van der Waals surface area contributed by atoms with Crippen molar-refractivity contribution in [2.75, 3.05) is 19.6 Å². The van der Waals surface area contributed by atoms with Crippen LogP contribution < -0.4 is 10.6 Å². The summed E-state index contributed by atoms with van der Waals surface area (Å²) in [6.07, 6.45) is 4.50. The molecule has 0 aromatic heterocycles. The van der Waals surface area contributed by atoms with Crippen molar-refractivity contribution < 1.29 is 53.2 Å². The van der Waals surface area contributed by atoms with E-state index in [1.54, 1.807) is 41.5 Å². The standard InChI is InChI=1S/C33H54N4O11/c1-32(2,3)47-30(45)34-17-11-10-15-22(26(40)29(43)44)35-27(41)23-16-12-18-36(23)28(42)24(19-21-13-8-7-9-14-21)37(20-25(38)39)31(46)48-33(4,5)6/h21-24H,7-20H2,1-6H3,(H,34,45)(H,35,41)(H,38,39)(H,43,44)/t22-,23-,24+/m0/s1. The first kappa shape index (κ1) is 40.3. The average molecular weight is 683 g/mol. The van der Waals surface area contributed by atoms with Gasteiger partial charge in [-0.05, 0) is 86.0 Å². The predicted octanol–water partition coefficient (Wildman–Crippen LogP) is 3.47. The summed E-state index contributed by atoms with van der Waals surface area (Å²) in [6, 6.07) is -3.65. The van der Waals surface area contributed by atoms with E-state index in [2.05, 4.69) is 10.6 Å². The number of ether oxygens (including phenoxy) is 2. The molecule has 1 saturated heterocycles. The summed E-state index contributed by atoms with van der Waals surface area (Å²) in [7, 11) is 0. The van der Waals surface area contributed by atoms with E-state index in [1.807, 2.05) is 0 Å². The van der Waals surface area contributed by atoms with E-state index in [0.29, 0.717) is 12.8 Å². The van der Waals surface area contributed by atoms with E-state index in [9.17, 15) is 43.8 Å². The lowest BCUT2D eigenvalue weighted by Gasteiger charge is -2.37. The van der Waals surface area contributed by atoms with Gasteiger partial charge < -0.3 is 35.2 Å². The van der Waals surface area contributed by atoms with Gasteiger partial charge in [-0.25, -0.2) is 14.4 Å². The van der Waals surface area contributed by atoms with E-state index >= 15 is 0 Å². The molecule has 1 heterocycles. The monoisotopic (exact) mass is 682 g/mol. The number of likely N-dealkylation sites (tertiary alicyclic amines) is 1. The molecule has 2 aliphatic rings. The SMILES string of the molecule is CC(C)(C)OC(=O)NCCCC[C@H](NC(=O)[C@@H]1CCCN1C(=O)[C@@H](CC1CCCCC1)N(CC(=O)O)C(=O)OC(C)(C)C)C(=O)C(=O)O.